The van der Waals surface area contributed by atoms with Gasteiger partial charge in [-0.1, -0.05) is 5.16 Å². The SMILES string of the molecule is CCOC(=O)c1cc(C)nn1-c1ccc(ON=C(C)C)c(C#N)c1. The highest BCUT2D eigenvalue weighted by Crippen LogP contribution is 2.23. The highest BCUT2D eigenvalue weighted by molar-refractivity contribution is 5.88. The summed E-state index contributed by atoms with van der Waals surface area (Å²) >= 11 is 0. The monoisotopic (exact) mass is 326 g/mol. The molecule has 0 fully saturated rings. The van der Waals surface area contributed by atoms with Crippen molar-refractivity contribution in [3.63, 3.8) is 0 Å². The van der Waals surface area contributed by atoms with Crippen LogP contribution in [0.2, 0.25) is 0 Å². The molecule has 124 valence electrons. The molecule has 7 nitrogen and oxygen atoms in total. The van der Waals surface area contributed by atoms with E-state index >= 15 is 0 Å². The Morgan fingerprint density at radius 3 is 2.75 bits per heavy atom. The molecule has 24 heavy (non-hydrogen) atoms. The Kier molecular flexibility index (Phi) is 5.32. The van der Waals surface area contributed by atoms with Crippen LogP contribution in [-0.4, -0.2) is 28.1 Å². The van der Waals surface area contributed by atoms with Crippen molar-refractivity contribution in [3.8, 4) is 17.5 Å². The van der Waals surface area contributed by atoms with Crippen LogP contribution in [-0.2, 0) is 4.74 Å². The summed E-state index contributed by atoms with van der Waals surface area (Å²) in [5, 5.41) is 17.5. The molecule has 7 heteroatoms. The van der Waals surface area contributed by atoms with Gasteiger partial charge in [0.05, 0.1) is 29.3 Å². The van der Waals surface area contributed by atoms with Crippen LogP contribution >= 0.6 is 0 Å². The molecule has 0 atom stereocenters. The number of oxime groups is 1. The number of nitriles is 1. The van der Waals surface area contributed by atoms with Gasteiger partial charge in [0.2, 0.25) is 0 Å². The standard InChI is InChI=1S/C17H18N4O3/c1-5-23-17(22)15-8-12(4)19-21(15)14-6-7-16(13(9-14)10-18)24-20-11(2)3/h6-9H,5H2,1-4H3. The zero-order valence-electron chi connectivity index (χ0n) is 14.0. The van der Waals surface area contributed by atoms with Crippen molar-refractivity contribution < 1.29 is 14.4 Å². The van der Waals surface area contributed by atoms with Gasteiger partial charge in [-0.25, -0.2) is 9.48 Å². The van der Waals surface area contributed by atoms with Gasteiger partial charge in [-0.3, -0.25) is 0 Å². The molecule has 0 aliphatic heterocycles. The van der Waals surface area contributed by atoms with Gasteiger partial charge in [0.25, 0.3) is 0 Å². The Bertz CT molecular complexity index is 827. The molecule has 0 saturated heterocycles. The Balaban J connectivity index is 2.45. The van der Waals surface area contributed by atoms with E-state index in [2.05, 4.69) is 16.3 Å². The second kappa shape index (κ2) is 7.42. The quantitative estimate of drug-likeness (QED) is 0.478. The highest BCUT2D eigenvalue weighted by atomic mass is 16.6. The molecule has 2 aromatic rings. The molecule has 0 radical (unpaired) electrons. The summed E-state index contributed by atoms with van der Waals surface area (Å²) < 4.78 is 6.49. The van der Waals surface area contributed by atoms with Crippen molar-refractivity contribution >= 4 is 11.7 Å². The lowest BCUT2D eigenvalue weighted by Crippen LogP contribution is -2.12. The normalized spacial score (nSPS) is 9.96. The average molecular weight is 326 g/mol. The lowest BCUT2D eigenvalue weighted by atomic mass is 10.2. The summed E-state index contributed by atoms with van der Waals surface area (Å²) in [5.74, 6) is -0.132. The van der Waals surface area contributed by atoms with Crippen LogP contribution < -0.4 is 4.84 Å². The van der Waals surface area contributed by atoms with Gasteiger partial charge in [-0.2, -0.15) is 10.4 Å². The van der Waals surface area contributed by atoms with Crippen LogP contribution in [0.4, 0.5) is 0 Å². The molecule has 0 unspecified atom stereocenters. The van der Waals surface area contributed by atoms with Crippen molar-refractivity contribution in [2.75, 3.05) is 6.61 Å². The number of aryl methyl sites for hydroxylation is 1. The number of hydrogen-bond acceptors (Lipinski definition) is 6. The fourth-order valence-corrected chi connectivity index (χ4v) is 2.00. The summed E-state index contributed by atoms with van der Waals surface area (Å²) in [5.41, 5.74) is 2.56. The second-order valence-electron chi connectivity index (χ2n) is 5.23. The van der Waals surface area contributed by atoms with Gasteiger partial charge in [-0.05, 0) is 52.0 Å². The summed E-state index contributed by atoms with van der Waals surface area (Å²) in [6.07, 6.45) is 0. The molecular formula is C17H18N4O3. The van der Waals surface area contributed by atoms with Crippen molar-refractivity contribution in [1.82, 2.24) is 9.78 Å². The van der Waals surface area contributed by atoms with E-state index in [-0.39, 0.29) is 6.61 Å². The average Bonchev–Trinajstić information content (AvgIpc) is 2.95. The van der Waals surface area contributed by atoms with Crippen molar-refractivity contribution in [2.45, 2.75) is 27.7 Å². The fourth-order valence-electron chi connectivity index (χ4n) is 2.00. The lowest BCUT2D eigenvalue weighted by Gasteiger charge is -2.09. The van der Waals surface area contributed by atoms with Crippen LogP contribution in [0.15, 0.2) is 29.4 Å². The number of benzene rings is 1. The van der Waals surface area contributed by atoms with Gasteiger partial charge >= 0.3 is 5.97 Å². The van der Waals surface area contributed by atoms with Crippen LogP contribution in [0, 0.1) is 18.3 Å². The van der Waals surface area contributed by atoms with Crippen molar-refractivity contribution in [3.05, 3.63) is 41.2 Å². The highest BCUT2D eigenvalue weighted by Gasteiger charge is 2.17. The summed E-state index contributed by atoms with van der Waals surface area (Å²) in [6, 6.07) is 8.60. The number of ether oxygens (including phenoxy) is 1. The number of hydrogen-bond donors (Lipinski definition) is 0. The summed E-state index contributed by atoms with van der Waals surface area (Å²) in [6.45, 7) is 7.37. The maximum Gasteiger partial charge on any atom is 0.357 e. The predicted molar refractivity (Wildman–Crippen MR) is 88.4 cm³/mol. The van der Waals surface area contributed by atoms with Crippen LogP contribution in [0.1, 0.15) is 42.5 Å². The summed E-state index contributed by atoms with van der Waals surface area (Å²) in [7, 11) is 0. The third-order valence-corrected chi connectivity index (χ3v) is 2.97. The minimum absolute atomic E-state index is 0.271. The summed E-state index contributed by atoms with van der Waals surface area (Å²) in [4.78, 5) is 17.3. The van der Waals surface area contributed by atoms with Gasteiger partial charge in [0.15, 0.2) is 11.4 Å². The molecule has 0 spiro atoms. The Labute approximate surface area is 140 Å². The maximum absolute atomic E-state index is 12.1. The molecule has 1 aromatic carbocycles. The first-order valence-corrected chi connectivity index (χ1v) is 7.42. The predicted octanol–water partition coefficient (Wildman–Crippen LogP) is 3.00. The van der Waals surface area contributed by atoms with Crippen LogP contribution in [0.5, 0.6) is 5.75 Å². The minimum atomic E-state index is -0.469. The topological polar surface area (TPSA) is 89.5 Å². The van der Waals surface area contributed by atoms with Gasteiger partial charge in [-0.15, -0.1) is 0 Å². The number of rotatable bonds is 5. The van der Waals surface area contributed by atoms with E-state index in [1.165, 1.54) is 4.68 Å². The van der Waals surface area contributed by atoms with Gasteiger partial charge < -0.3 is 9.57 Å². The van der Waals surface area contributed by atoms with Crippen LogP contribution in [0.3, 0.4) is 0 Å². The third-order valence-electron chi connectivity index (χ3n) is 2.97. The first-order chi connectivity index (χ1) is 11.5. The van der Waals surface area contributed by atoms with E-state index in [1.54, 1.807) is 52.0 Å². The second-order valence-corrected chi connectivity index (χ2v) is 5.23. The molecule has 2 rings (SSSR count). The molecule has 1 aromatic heterocycles. The zero-order chi connectivity index (χ0) is 17.7. The number of nitrogens with zero attached hydrogens (tertiary/aromatic N) is 4. The number of carbonyl (C=O) groups excluding carboxylic acids is 1. The molecule has 0 aliphatic rings. The third kappa shape index (κ3) is 3.79. The fraction of sp³-hybridized carbons (Fsp3) is 0.294. The molecule has 0 bridgehead atoms. The molecule has 0 saturated carbocycles. The van der Waals surface area contributed by atoms with E-state index in [4.69, 9.17) is 9.57 Å². The molecule has 1 heterocycles. The Hall–Kier alpha value is -3.14. The van der Waals surface area contributed by atoms with Gasteiger partial charge in [0, 0.05) is 0 Å². The Morgan fingerprint density at radius 1 is 1.38 bits per heavy atom. The van der Waals surface area contributed by atoms with E-state index < -0.39 is 5.97 Å². The Morgan fingerprint density at radius 2 is 2.12 bits per heavy atom. The molecular weight excluding hydrogens is 308 g/mol. The van der Waals surface area contributed by atoms with Crippen molar-refractivity contribution in [2.24, 2.45) is 5.16 Å². The number of carbonyl (C=O) groups is 1. The van der Waals surface area contributed by atoms with Crippen LogP contribution in [0.25, 0.3) is 5.69 Å². The van der Waals surface area contributed by atoms with E-state index in [0.29, 0.717) is 28.4 Å². The maximum atomic E-state index is 12.1. The van der Waals surface area contributed by atoms with E-state index in [0.717, 1.165) is 5.71 Å². The smallest absolute Gasteiger partial charge is 0.357 e. The minimum Gasteiger partial charge on any atom is -0.461 e. The molecule has 0 aliphatic carbocycles. The largest absolute Gasteiger partial charge is 0.461 e. The zero-order valence-corrected chi connectivity index (χ0v) is 14.0. The molecule has 0 N–H and O–H groups in total. The van der Waals surface area contributed by atoms with E-state index in [1.807, 2.05) is 0 Å². The first kappa shape index (κ1) is 17.2. The van der Waals surface area contributed by atoms with Gasteiger partial charge in [0.1, 0.15) is 6.07 Å². The first-order valence-electron chi connectivity index (χ1n) is 7.42. The number of aromatic nitrogens is 2. The van der Waals surface area contributed by atoms with Crippen molar-refractivity contribution in [1.29, 1.82) is 5.26 Å². The molecule has 0 amide bonds. The number of esters is 1. The van der Waals surface area contributed by atoms with E-state index in [9.17, 15) is 10.1 Å². The lowest BCUT2D eigenvalue weighted by molar-refractivity contribution is 0.0515.